The lowest BCUT2D eigenvalue weighted by Gasteiger charge is -2.06. The second-order valence-corrected chi connectivity index (χ2v) is 4.52. The van der Waals surface area contributed by atoms with E-state index in [-0.39, 0.29) is 12.3 Å². The molecule has 1 heterocycles. The standard InChI is InChI=1S/C10H12F3N3OS/c11-10(12,13)7-3-4-9(15-6-7)18-5-1-2-8(17)16-14/h3-4,6H,1-2,5,14H2,(H,16,17). The van der Waals surface area contributed by atoms with Gasteiger partial charge in [-0.1, -0.05) is 0 Å². The number of carbonyl (C=O) groups is 1. The largest absolute Gasteiger partial charge is 0.417 e. The van der Waals surface area contributed by atoms with Crippen LogP contribution in [0.4, 0.5) is 13.2 Å². The molecule has 0 radical (unpaired) electrons. The van der Waals surface area contributed by atoms with Crippen molar-refractivity contribution in [3.05, 3.63) is 23.9 Å². The Morgan fingerprint density at radius 1 is 1.44 bits per heavy atom. The molecule has 1 rings (SSSR count). The molecule has 0 atom stereocenters. The molecule has 0 aromatic carbocycles. The monoisotopic (exact) mass is 279 g/mol. The number of aromatic nitrogens is 1. The van der Waals surface area contributed by atoms with Crippen molar-refractivity contribution in [2.75, 3.05) is 5.75 Å². The third kappa shape index (κ3) is 4.92. The minimum atomic E-state index is -4.37. The zero-order valence-corrected chi connectivity index (χ0v) is 10.1. The van der Waals surface area contributed by atoms with Crippen molar-refractivity contribution in [2.45, 2.75) is 24.0 Å². The fourth-order valence-electron chi connectivity index (χ4n) is 1.11. The van der Waals surface area contributed by atoms with Gasteiger partial charge in [-0.25, -0.2) is 10.8 Å². The highest BCUT2D eigenvalue weighted by Gasteiger charge is 2.30. The van der Waals surface area contributed by atoms with E-state index in [0.717, 1.165) is 12.3 Å². The first kappa shape index (κ1) is 14.8. The van der Waals surface area contributed by atoms with Crippen LogP contribution in [0.25, 0.3) is 0 Å². The molecular formula is C10H12F3N3OS. The summed E-state index contributed by atoms with van der Waals surface area (Å²) in [6.07, 6.45) is -2.70. The summed E-state index contributed by atoms with van der Waals surface area (Å²) in [5.41, 5.74) is 1.23. The van der Waals surface area contributed by atoms with Crippen LogP contribution in [0.15, 0.2) is 23.4 Å². The van der Waals surface area contributed by atoms with Gasteiger partial charge in [0.25, 0.3) is 0 Å². The molecule has 0 aliphatic rings. The number of amides is 1. The summed E-state index contributed by atoms with van der Waals surface area (Å²) in [6.45, 7) is 0. The molecule has 4 nitrogen and oxygen atoms in total. The summed E-state index contributed by atoms with van der Waals surface area (Å²) < 4.78 is 36.8. The Kier molecular flexibility index (Phi) is 5.42. The van der Waals surface area contributed by atoms with E-state index < -0.39 is 11.7 Å². The summed E-state index contributed by atoms with van der Waals surface area (Å²) in [5, 5.41) is 0.496. The third-order valence-corrected chi connectivity index (χ3v) is 3.05. The molecule has 0 saturated carbocycles. The van der Waals surface area contributed by atoms with E-state index in [0.29, 0.717) is 17.2 Å². The maximum atomic E-state index is 12.3. The van der Waals surface area contributed by atoms with Gasteiger partial charge in [0.05, 0.1) is 10.6 Å². The summed E-state index contributed by atoms with van der Waals surface area (Å²) in [6, 6.07) is 2.30. The summed E-state index contributed by atoms with van der Waals surface area (Å²) in [4.78, 5) is 14.5. The molecule has 0 spiro atoms. The van der Waals surface area contributed by atoms with Gasteiger partial charge in [-0.15, -0.1) is 11.8 Å². The van der Waals surface area contributed by atoms with Crippen molar-refractivity contribution in [1.82, 2.24) is 10.4 Å². The number of hydrogen-bond donors (Lipinski definition) is 2. The van der Waals surface area contributed by atoms with Crippen LogP contribution in [0, 0.1) is 0 Å². The number of nitrogens with zero attached hydrogens (tertiary/aromatic N) is 1. The molecule has 0 fully saturated rings. The number of alkyl halides is 3. The van der Waals surface area contributed by atoms with Crippen LogP contribution in [0.1, 0.15) is 18.4 Å². The highest BCUT2D eigenvalue weighted by Crippen LogP contribution is 2.29. The third-order valence-electron chi connectivity index (χ3n) is 2.02. The normalized spacial score (nSPS) is 11.3. The Labute approximate surface area is 106 Å². The number of thioether (sulfide) groups is 1. The molecule has 0 saturated heterocycles. The second kappa shape index (κ2) is 6.60. The number of hydrogen-bond acceptors (Lipinski definition) is 4. The fourth-order valence-corrected chi connectivity index (χ4v) is 1.90. The van der Waals surface area contributed by atoms with Gasteiger partial charge in [0.15, 0.2) is 0 Å². The first-order valence-electron chi connectivity index (χ1n) is 5.09. The molecule has 100 valence electrons. The van der Waals surface area contributed by atoms with Crippen molar-refractivity contribution < 1.29 is 18.0 Å². The molecule has 1 amide bonds. The maximum Gasteiger partial charge on any atom is 0.417 e. The number of rotatable bonds is 5. The van der Waals surface area contributed by atoms with E-state index in [1.54, 1.807) is 0 Å². The molecule has 0 unspecified atom stereocenters. The SMILES string of the molecule is NNC(=O)CCCSc1ccc(C(F)(F)F)cn1. The van der Waals surface area contributed by atoms with Gasteiger partial charge in [-0.2, -0.15) is 13.2 Å². The van der Waals surface area contributed by atoms with Gasteiger partial charge < -0.3 is 0 Å². The maximum absolute atomic E-state index is 12.3. The Morgan fingerprint density at radius 3 is 2.67 bits per heavy atom. The van der Waals surface area contributed by atoms with Crippen LogP contribution in [0.5, 0.6) is 0 Å². The topological polar surface area (TPSA) is 68.0 Å². The minimum Gasteiger partial charge on any atom is -0.294 e. The van der Waals surface area contributed by atoms with Gasteiger partial charge in [-0.3, -0.25) is 10.2 Å². The van der Waals surface area contributed by atoms with Crippen LogP contribution in [-0.2, 0) is 11.0 Å². The molecule has 1 aromatic heterocycles. The van der Waals surface area contributed by atoms with Crippen molar-refractivity contribution in [1.29, 1.82) is 0 Å². The van der Waals surface area contributed by atoms with Crippen LogP contribution >= 0.6 is 11.8 Å². The quantitative estimate of drug-likeness (QED) is 0.284. The average Bonchev–Trinajstić information content (AvgIpc) is 2.33. The highest BCUT2D eigenvalue weighted by molar-refractivity contribution is 7.99. The van der Waals surface area contributed by atoms with Gasteiger partial charge in [0, 0.05) is 12.6 Å². The Bertz CT molecular complexity index is 394. The van der Waals surface area contributed by atoms with Crippen molar-refractivity contribution in [3.8, 4) is 0 Å². The van der Waals surface area contributed by atoms with Gasteiger partial charge in [0.2, 0.25) is 5.91 Å². The smallest absolute Gasteiger partial charge is 0.294 e. The van der Waals surface area contributed by atoms with E-state index in [1.807, 2.05) is 5.43 Å². The zero-order valence-electron chi connectivity index (χ0n) is 9.33. The number of pyridine rings is 1. The number of hydrazine groups is 1. The van der Waals surface area contributed by atoms with E-state index >= 15 is 0 Å². The first-order valence-corrected chi connectivity index (χ1v) is 6.07. The molecule has 1 aromatic rings. The number of nitrogens with one attached hydrogen (secondary N) is 1. The lowest BCUT2D eigenvalue weighted by molar-refractivity contribution is -0.137. The molecule has 0 aliphatic carbocycles. The van der Waals surface area contributed by atoms with Gasteiger partial charge in [0.1, 0.15) is 0 Å². The molecule has 3 N–H and O–H groups in total. The zero-order chi connectivity index (χ0) is 13.6. The highest BCUT2D eigenvalue weighted by atomic mass is 32.2. The van der Waals surface area contributed by atoms with E-state index in [1.165, 1.54) is 17.8 Å². The lowest BCUT2D eigenvalue weighted by atomic mass is 10.3. The Hall–Kier alpha value is -1.28. The number of nitrogens with two attached hydrogens (primary N) is 1. The molecule has 18 heavy (non-hydrogen) atoms. The molecule has 8 heteroatoms. The van der Waals surface area contributed by atoms with Crippen LogP contribution in [0.2, 0.25) is 0 Å². The van der Waals surface area contributed by atoms with Crippen LogP contribution < -0.4 is 11.3 Å². The predicted octanol–water partition coefficient (Wildman–Crippen LogP) is 1.96. The molecule has 0 aliphatic heterocycles. The fraction of sp³-hybridized carbons (Fsp3) is 0.400. The van der Waals surface area contributed by atoms with Gasteiger partial charge >= 0.3 is 6.18 Å². The second-order valence-electron chi connectivity index (χ2n) is 3.40. The number of halogens is 3. The van der Waals surface area contributed by atoms with Crippen molar-refractivity contribution in [2.24, 2.45) is 5.84 Å². The summed E-state index contributed by atoms with van der Waals surface area (Å²) >= 11 is 1.29. The van der Waals surface area contributed by atoms with E-state index in [2.05, 4.69) is 4.98 Å². The average molecular weight is 279 g/mol. The Morgan fingerprint density at radius 2 is 2.17 bits per heavy atom. The lowest BCUT2D eigenvalue weighted by Crippen LogP contribution is -2.29. The predicted molar refractivity (Wildman–Crippen MR) is 61.5 cm³/mol. The molecule has 0 bridgehead atoms. The van der Waals surface area contributed by atoms with E-state index in [4.69, 9.17) is 5.84 Å². The van der Waals surface area contributed by atoms with E-state index in [9.17, 15) is 18.0 Å². The van der Waals surface area contributed by atoms with Crippen molar-refractivity contribution >= 4 is 17.7 Å². The number of carbonyl (C=O) groups excluding carboxylic acids is 1. The summed E-state index contributed by atoms with van der Waals surface area (Å²) in [5.74, 6) is 5.22. The minimum absolute atomic E-state index is 0.268. The van der Waals surface area contributed by atoms with Crippen molar-refractivity contribution in [3.63, 3.8) is 0 Å². The Balaban J connectivity index is 2.38. The summed E-state index contributed by atoms with van der Waals surface area (Å²) in [7, 11) is 0. The van der Waals surface area contributed by atoms with Crippen LogP contribution in [-0.4, -0.2) is 16.6 Å². The van der Waals surface area contributed by atoms with Crippen LogP contribution in [0.3, 0.4) is 0 Å². The first-order chi connectivity index (χ1) is 8.43. The molecular weight excluding hydrogens is 267 g/mol. The van der Waals surface area contributed by atoms with Gasteiger partial charge in [-0.05, 0) is 24.3 Å².